The van der Waals surface area contributed by atoms with Crippen molar-refractivity contribution in [2.75, 3.05) is 0 Å². The van der Waals surface area contributed by atoms with Gasteiger partial charge in [0, 0.05) is 63.8 Å². The summed E-state index contributed by atoms with van der Waals surface area (Å²) in [7, 11) is 0. The van der Waals surface area contributed by atoms with Crippen LogP contribution in [0.3, 0.4) is 0 Å². The fourth-order valence-electron chi connectivity index (χ4n) is 0.0704. The number of nitrogens with zero attached hydrogens (tertiary/aromatic N) is 2. The summed E-state index contributed by atoms with van der Waals surface area (Å²) in [5.41, 5.74) is 2.05. The van der Waals surface area contributed by atoms with Crippen molar-refractivity contribution in [1.82, 2.24) is 0 Å². The third-order valence-corrected chi connectivity index (χ3v) is 0.272. The van der Waals surface area contributed by atoms with Crippen LogP contribution in [0.25, 0.3) is 0 Å². The maximum atomic E-state index is 4.17. The minimum absolute atomic E-state index is 0. The minimum Gasteiger partial charge on any atom is -1.02 e. The molecule has 0 atom stereocenters. The number of hydrogen-bond donors (Lipinski definition) is 0. The van der Waals surface area contributed by atoms with Crippen LogP contribution in [-0.4, -0.2) is 11.8 Å². The van der Waals surface area contributed by atoms with E-state index in [1.54, 1.807) is 6.92 Å². The van der Waals surface area contributed by atoms with Crippen molar-refractivity contribution < 1.29 is 63.8 Å². The van der Waals surface area contributed by atoms with Crippen molar-refractivity contribution in [1.29, 1.82) is 0 Å². The van der Waals surface area contributed by atoms with Gasteiger partial charge in [0.1, 0.15) is 0 Å². The Hall–Kier alpha value is 1.72. The Morgan fingerprint density at radius 1 is 1.38 bits per heavy atom. The van der Waals surface area contributed by atoms with Gasteiger partial charge in [-0.15, -0.1) is 0 Å². The summed E-state index contributed by atoms with van der Waals surface area (Å²) in [6, 6.07) is 0. The van der Waals surface area contributed by atoms with Gasteiger partial charge in [0.25, 0.3) is 0 Å². The fraction of sp³-hybridized carbons (Fsp3) is 0.333. The van der Waals surface area contributed by atoms with Crippen molar-refractivity contribution in [2.45, 2.75) is 6.92 Å². The Morgan fingerprint density at radius 2 is 1.88 bits per heavy atom. The second-order valence-corrected chi connectivity index (χ2v) is 0.697. The first-order valence-electron chi connectivity index (χ1n) is 1.35. The van der Waals surface area contributed by atoms with Gasteiger partial charge in [-0.3, -0.25) is 0 Å². The van der Waals surface area contributed by atoms with Crippen LogP contribution < -0.4 is 0 Å². The molecule has 0 heterocycles. The summed E-state index contributed by atoms with van der Waals surface area (Å²) in [4.78, 5) is 0. The van der Waals surface area contributed by atoms with E-state index in [1.165, 1.54) is 0 Å². The zero-order valence-electron chi connectivity index (χ0n) is 4.38. The summed E-state index contributed by atoms with van der Waals surface area (Å²) in [5, 5.41) is 6.42. The van der Waals surface area contributed by atoms with Crippen molar-refractivity contribution in [2.24, 2.45) is 10.2 Å². The molecule has 5 heteroatoms. The summed E-state index contributed by atoms with van der Waals surface area (Å²) in [5.74, 6) is 0. The first-order chi connectivity index (χ1) is 2.91. The quantitative estimate of drug-likeness (QED) is 0.195. The molecule has 0 aromatic carbocycles. The van der Waals surface area contributed by atoms with Gasteiger partial charge in [0.2, 0.25) is 0 Å². The molecule has 0 rings (SSSR count). The predicted molar refractivity (Wildman–Crippen MR) is 27.9 cm³/mol. The molecule has 8 heavy (non-hydrogen) atoms. The third-order valence-electron chi connectivity index (χ3n) is 0.191. The minimum atomic E-state index is 0. The van der Waals surface area contributed by atoms with Crippen molar-refractivity contribution >= 4 is 24.4 Å². The normalized spacial score (nSPS) is 8.62. The zero-order valence-corrected chi connectivity index (χ0v) is 12.2. The van der Waals surface area contributed by atoms with E-state index in [0.717, 1.165) is 0 Å². The predicted octanol–water partition coefficient (Wildman–Crippen LogP) is 0.319. The van der Waals surface area contributed by atoms with E-state index < -0.39 is 0 Å². The van der Waals surface area contributed by atoms with Crippen molar-refractivity contribution in [3.63, 3.8) is 0 Å². The monoisotopic (exact) mass is 426 g/mol. The van der Waals surface area contributed by atoms with Gasteiger partial charge in [0.05, 0.1) is 0 Å². The van der Waals surface area contributed by atoms with Crippen LogP contribution in [0, 0.1) is 31.1 Å². The Kier molecular flexibility index (Phi) is 32.5. The summed E-state index contributed by atoms with van der Waals surface area (Å²) in [6.45, 7) is 1.64. The van der Waals surface area contributed by atoms with E-state index in [-0.39, 0.29) is 63.8 Å². The Balaban J connectivity index is -0.000000125. The van der Waals surface area contributed by atoms with Crippen molar-refractivity contribution in [3.05, 3.63) is 0 Å². The molecule has 2 nitrogen and oxygen atoms in total. The molecule has 0 N–H and O–H groups in total. The largest absolute Gasteiger partial charge is 1.02 e. The molecular formula is C3H3N2SUY-3. The summed E-state index contributed by atoms with van der Waals surface area (Å²) in [6.07, 6.45) is 2.40. The van der Waals surface area contributed by atoms with Gasteiger partial charge >= 0.3 is 0 Å². The average molecular weight is 426 g/mol. The van der Waals surface area contributed by atoms with Crippen molar-refractivity contribution in [3.8, 4) is 0 Å². The zero-order chi connectivity index (χ0) is 4.83. The van der Waals surface area contributed by atoms with Gasteiger partial charge < -0.3 is 34.6 Å². The molecule has 0 bridgehead atoms. The van der Waals surface area contributed by atoms with Gasteiger partial charge in [-0.1, -0.05) is 0 Å². The SMILES string of the molecule is C[C-]=NN=[C-][S-].[U].[Y]. The summed E-state index contributed by atoms with van der Waals surface area (Å²) >= 11 is 4.17. The maximum Gasteiger partial charge on any atom is 0 e. The molecule has 41 valence electrons. The van der Waals surface area contributed by atoms with E-state index in [1.807, 2.05) is 5.55 Å². The van der Waals surface area contributed by atoms with Crippen LogP contribution in [0.5, 0.6) is 0 Å². The Labute approximate surface area is 104 Å². The van der Waals surface area contributed by atoms with E-state index >= 15 is 0 Å². The third kappa shape index (κ3) is 15.6. The molecule has 0 aliphatic heterocycles. The second-order valence-electron chi connectivity index (χ2n) is 0.515. The number of hydrogen-bond acceptors (Lipinski definition) is 3. The molecule has 0 aliphatic carbocycles. The first-order valence-corrected chi connectivity index (χ1v) is 1.76. The Morgan fingerprint density at radius 3 is 2.00 bits per heavy atom. The van der Waals surface area contributed by atoms with E-state index in [9.17, 15) is 0 Å². The van der Waals surface area contributed by atoms with Crippen LogP contribution in [0.1, 0.15) is 6.92 Å². The molecule has 0 saturated heterocycles. The fourth-order valence-corrected chi connectivity index (χ4v) is 0.111. The van der Waals surface area contributed by atoms with E-state index in [4.69, 9.17) is 0 Å². The Bertz CT molecular complexity index is 65.7. The van der Waals surface area contributed by atoms with Crippen LogP contribution in [-0.2, 0) is 45.3 Å². The molecule has 0 fully saturated rings. The summed E-state index contributed by atoms with van der Waals surface area (Å²) < 4.78 is 0. The molecular weight excluding hydrogens is 423 g/mol. The molecule has 0 amide bonds. The molecule has 0 aliphatic rings. The smallest absolute Gasteiger partial charge is 0 e. The maximum absolute atomic E-state index is 4.17. The average Bonchev–Trinajstić information content (AvgIpc) is 1.61. The molecule has 0 saturated carbocycles. The van der Waals surface area contributed by atoms with E-state index in [2.05, 4.69) is 29.0 Å². The molecule has 0 aromatic heterocycles. The van der Waals surface area contributed by atoms with Crippen LogP contribution >= 0.6 is 0 Å². The van der Waals surface area contributed by atoms with Gasteiger partial charge in [-0.05, 0) is 0 Å². The van der Waals surface area contributed by atoms with Crippen LogP contribution in [0.4, 0.5) is 0 Å². The van der Waals surface area contributed by atoms with Gasteiger partial charge in [0.15, 0.2) is 0 Å². The molecule has 1 radical (unpaired) electrons. The van der Waals surface area contributed by atoms with Crippen LogP contribution in [0.15, 0.2) is 10.2 Å². The molecule has 0 spiro atoms. The van der Waals surface area contributed by atoms with Gasteiger partial charge in [-0.25, -0.2) is 0 Å². The molecule has 0 unspecified atom stereocenters. The molecule has 0 aromatic rings. The topological polar surface area (TPSA) is 24.7 Å². The van der Waals surface area contributed by atoms with Crippen LogP contribution in [0.2, 0.25) is 0 Å². The second kappa shape index (κ2) is 15.9. The van der Waals surface area contributed by atoms with E-state index in [0.29, 0.717) is 0 Å². The first kappa shape index (κ1) is 16.4. The number of rotatable bonds is 1. The standard InChI is InChI=1S/C3H3N2S.U.Y/c1-2-4-5-3-6;;/h1H3;;/q-3;;. The van der Waals surface area contributed by atoms with Gasteiger partial charge in [-0.2, -0.15) is 6.92 Å².